The fourth-order valence-electron chi connectivity index (χ4n) is 3.93. The van der Waals surface area contributed by atoms with Gasteiger partial charge in [-0.2, -0.15) is 0 Å². The van der Waals surface area contributed by atoms with E-state index < -0.39 is 47.6 Å². The summed E-state index contributed by atoms with van der Waals surface area (Å²) in [5.41, 5.74) is 5.10. The molecular formula is C21H21N5O10S. The first-order chi connectivity index (χ1) is 17.7. The third kappa shape index (κ3) is 4.82. The number of nitrogens with zero attached hydrogens (tertiary/aromatic N) is 3. The largest absolute Gasteiger partial charge is 0.521 e. The van der Waals surface area contributed by atoms with E-state index in [-0.39, 0.29) is 53.0 Å². The van der Waals surface area contributed by atoms with E-state index in [1.165, 1.54) is 19.4 Å². The molecule has 16 heteroatoms. The number of rotatable bonds is 8. The number of aromatic nitrogens is 1. The number of esters is 2. The topological polar surface area (TPSA) is 206 Å². The second-order valence-electron chi connectivity index (χ2n) is 7.69. The van der Waals surface area contributed by atoms with E-state index in [4.69, 9.17) is 20.0 Å². The third-order valence-corrected chi connectivity index (χ3v) is 6.16. The van der Waals surface area contributed by atoms with Gasteiger partial charge in [-0.1, -0.05) is 5.16 Å². The van der Waals surface area contributed by atoms with E-state index >= 15 is 0 Å². The molecule has 37 heavy (non-hydrogen) atoms. The van der Waals surface area contributed by atoms with Gasteiger partial charge >= 0.3 is 23.7 Å². The standard InChI is InChI=1S/C21H21N5O10S/c1-4-33-17(29)9-5-6-11-13(24-15(27)12(25-32-3)10-7-37-20(22)23-10)16(28)26(11)14(9)18(30)35-19-8(2)34-21(31)36-19/h7,11,13H,4-6H2,1-3H3,(H2,22,23)(H,24,27)/b25-12-/t11?,13-/m0/s1. The first-order valence-electron chi connectivity index (χ1n) is 10.9. The van der Waals surface area contributed by atoms with Crippen molar-refractivity contribution in [2.24, 2.45) is 5.16 Å². The number of ether oxygens (including phenoxy) is 2. The van der Waals surface area contributed by atoms with Crippen molar-refractivity contribution in [2.45, 2.75) is 38.8 Å². The number of amides is 2. The summed E-state index contributed by atoms with van der Waals surface area (Å²) in [6.07, 6.45) is 0.266. The summed E-state index contributed by atoms with van der Waals surface area (Å²) < 4.78 is 19.5. The Kier molecular flexibility index (Phi) is 7.10. The van der Waals surface area contributed by atoms with Gasteiger partial charge in [0.2, 0.25) is 0 Å². The maximum atomic E-state index is 13.1. The van der Waals surface area contributed by atoms with Crippen LogP contribution in [0.5, 0.6) is 5.95 Å². The molecule has 4 heterocycles. The van der Waals surface area contributed by atoms with E-state index in [0.717, 1.165) is 16.2 Å². The fourth-order valence-corrected chi connectivity index (χ4v) is 4.48. The minimum absolute atomic E-state index is 0.0270. The molecule has 2 aliphatic rings. The van der Waals surface area contributed by atoms with Gasteiger partial charge in [0, 0.05) is 12.3 Å². The zero-order valence-corrected chi connectivity index (χ0v) is 20.6. The Hall–Kier alpha value is -4.47. The van der Waals surface area contributed by atoms with Crippen molar-refractivity contribution in [3.63, 3.8) is 0 Å². The third-order valence-electron chi connectivity index (χ3n) is 5.49. The van der Waals surface area contributed by atoms with Crippen molar-refractivity contribution in [1.82, 2.24) is 15.2 Å². The highest BCUT2D eigenvalue weighted by molar-refractivity contribution is 7.13. The second kappa shape index (κ2) is 10.3. The van der Waals surface area contributed by atoms with Crippen LogP contribution in [0, 0.1) is 6.92 Å². The minimum Gasteiger partial charge on any atom is -0.463 e. The van der Waals surface area contributed by atoms with Crippen LogP contribution >= 0.6 is 11.3 Å². The number of anilines is 1. The van der Waals surface area contributed by atoms with Crippen molar-refractivity contribution < 1.29 is 42.3 Å². The molecule has 0 aliphatic carbocycles. The number of fused-ring (bicyclic) bond motifs is 1. The van der Waals surface area contributed by atoms with Crippen LogP contribution in [0.15, 0.2) is 35.4 Å². The molecule has 2 aromatic heterocycles. The number of carbonyl (C=O) groups excluding carboxylic acids is 4. The summed E-state index contributed by atoms with van der Waals surface area (Å²) in [4.78, 5) is 72.8. The Morgan fingerprint density at radius 3 is 2.65 bits per heavy atom. The van der Waals surface area contributed by atoms with Crippen LogP contribution in [-0.2, 0) is 28.8 Å². The zero-order chi connectivity index (χ0) is 26.9. The number of β-lactam (4-membered cyclic amide) rings is 1. The van der Waals surface area contributed by atoms with E-state index in [0.29, 0.717) is 0 Å². The highest BCUT2D eigenvalue weighted by Crippen LogP contribution is 2.38. The van der Waals surface area contributed by atoms with Crippen molar-refractivity contribution in [1.29, 1.82) is 0 Å². The number of carbonyl (C=O) groups is 4. The number of nitrogen functional groups attached to an aromatic ring is 1. The zero-order valence-electron chi connectivity index (χ0n) is 19.8. The van der Waals surface area contributed by atoms with Crippen molar-refractivity contribution in [2.75, 3.05) is 19.5 Å². The van der Waals surface area contributed by atoms with Crippen molar-refractivity contribution in [3.05, 3.63) is 38.7 Å². The van der Waals surface area contributed by atoms with Gasteiger partial charge in [0.15, 0.2) is 16.6 Å². The average Bonchev–Trinajstić information content (AvgIpc) is 3.43. The molecule has 2 aromatic rings. The molecule has 2 amide bonds. The quantitative estimate of drug-likeness (QED) is 0.196. The van der Waals surface area contributed by atoms with Gasteiger partial charge < -0.3 is 34.2 Å². The Balaban J connectivity index is 1.60. The molecule has 2 aliphatic heterocycles. The van der Waals surface area contributed by atoms with E-state index in [9.17, 15) is 24.0 Å². The van der Waals surface area contributed by atoms with Gasteiger partial charge in [0.1, 0.15) is 24.5 Å². The predicted molar refractivity (Wildman–Crippen MR) is 123 cm³/mol. The van der Waals surface area contributed by atoms with Crippen molar-refractivity contribution >= 4 is 45.9 Å². The highest BCUT2D eigenvalue weighted by atomic mass is 32.1. The lowest BCUT2D eigenvalue weighted by molar-refractivity contribution is -0.156. The summed E-state index contributed by atoms with van der Waals surface area (Å²) in [7, 11) is 1.24. The summed E-state index contributed by atoms with van der Waals surface area (Å²) >= 11 is 1.09. The molecule has 0 aromatic carbocycles. The van der Waals surface area contributed by atoms with Gasteiger partial charge in [0.25, 0.3) is 11.8 Å². The molecule has 3 N–H and O–H groups in total. The van der Waals surface area contributed by atoms with Gasteiger partial charge in [-0.05, 0) is 19.8 Å². The normalized spacial score (nSPS) is 19.2. The molecule has 15 nitrogen and oxygen atoms in total. The van der Waals surface area contributed by atoms with Crippen LogP contribution in [0.25, 0.3) is 0 Å². The lowest BCUT2D eigenvalue weighted by atomic mass is 9.83. The Morgan fingerprint density at radius 1 is 1.30 bits per heavy atom. The lowest BCUT2D eigenvalue weighted by Gasteiger charge is -2.49. The maximum Gasteiger partial charge on any atom is 0.521 e. The van der Waals surface area contributed by atoms with Crippen LogP contribution in [0.2, 0.25) is 0 Å². The minimum atomic E-state index is -1.14. The summed E-state index contributed by atoms with van der Waals surface area (Å²) in [5.74, 6) is -5.13. The molecule has 2 atom stereocenters. The smallest absolute Gasteiger partial charge is 0.463 e. The molecular weight excluding hydrogens is 514 g/mol. The molecule has 196 valence electrons. The second-order valence-corrected chi connectivity index (χ2v) is 8.58. The van der Waals surface area contributed by atoms with Gasteiger partial charge in [-0.25, -0.2) is 19.4 Å². The van der Waals surface area contributed by atoms with E-state index in [2.05, 4.69) is 24.3 Å². The van der Waals surface area contributed by atoms with E-state index in [1.807, 2.05) is 0 Å². The Labute approximate surface area is 211 Å². The molecule has 1 unspecified atom stereocenters. The molecule has 1 fully saturated rings. The molecule has 4 rings (SSSR count). The first-order valence-corrected chi connectivity index (χ1v) is 11.7. The SMILES string of the molecule is CCOC(=O)C1=C(C(=O)Oc2oc(=O)oc2C)N2C(=O)[C@@H](NC(=O)/C(=N\OC)c3csc(N)n3)C2CC1. The van der Waals surface area contributed by atoms with Gasteiger partial charge in [0.05, 0.1) is 18.2 Å². The molecule has 0 radical (unpaired) electrons. The first kappa shape index (κ1) is 25.6. The van der Waals surface area contributed by atoms with Crippen LogP contribution in [-0.4, -0.2) is 65.1 Å². The van der Waals surface area contributed by atoms with Crippen LogP contribution in [0.4, 0.5) is 5.13 Å². The van der Waals surface area contributed by atoms with Crippen molar-refractivity contribution in [3.8, 4) is 5.95 Å². The van der Waals surface area contributed by atoms with Gasteiger partial charge in [-0.3, -0.25) is 14.5 Å². The average molecular weight is 535 g/mol. The lowest BCUT2D eigenvalue weighted by Crippen LogP contribution is -2.72. The molecule has 0 saturated carbocycles. The highest BCUT2D eigenvalue weighted by Gasteiger charge is 2.55. The summed E-state index contributed by atoms with van der Waals surface area (Å²) in [5, 5.41) is 7.95. The van der Waals surface area contributed by atoms with Crippen LogP contribution in [0.3, 0.4) is 0 Å². The summed E-state index contributed by atoms with van der Waals surface area (Å²) in [6.45, 7) is 2.94. The van der Waals surface area contributed by atoms with Crippen LogP contribution in [0.1, 0.15) is 31.2 Å². The van der Waals surface area contributed by atoms with Crippen LogP contribution < -0.4 is 21.6 Å². The number of hydrogen-bond acceptors (Lipinski definition) is 14. The number of nitrogens with one attached hydrogen (secondary N) is 1. The van der Waals surface area contributed by atoms with E-state index in [1.54, 1.807) is 6.92 Å². The summed E-state index contributed by atoms with van der Waals surface area (Å²) in [6, 6.07) is -1.75. The molecule has 1 saturated heterocycles. The number of oxime groups is 1. The Bertz CT molecular complexity index is 1390. The monoisotopic (exact) mass is 535 g/mol. The number of nitrogens with two attached hydrogens (primary N) is 1. The Morgan fingerprint density at radius 2 is 2.05 bits per heavy atom. The number of aryl methyl sites for hydroxylation is 1. The molecule has 0 bridgehead atoms. The fraction of sp³-hybridized carbons (Fsp3) is 0.381. The maximum absolute atomic E-state index is 13.1. The number of thiazole rings is 1. The van der Waals surface area contributed by atoms with Gasteiger partial charge in [-0.15, -0.1) is 11.3 Å². The molecule has 0 spiro atoms. The number of hydrogen-bond donors (Lipinski definition) is 2. The predicted octanol–water partition coefficient (Wildman–Crippen LogP) is -0.157.